The van der Waals surface area contributed by atoms with Crippen molar-refractivity contribution in [2.24, 2.45) is 0 Å². The topological polar surface area (TPSA) is 178 Å². The van der Waals surface area contributed by atoms with Crippen molar-refractivity contribution in [2.75, 3.05) is 25.0 Å². The number of ether oxygens (including phenoxy) is 1. The highest BCUT2D eigenvalue weighted by atomic mass is 32.2. The quantitative estimate of drug-likeness (QED) is 0.280. The number of benzene rings is 1. The molecule has 1 aliphatic heterocycles. The van der Waals surface area contributed by atoms with E-state index in [0.29, 0.717) is 12.2 Å². The van der Waals surface area contributed by atoms with Gasteiger partial charge >= 0.3 is 5.97 Å². The molecule has 1 aromatic carbocycles. The Morgan fingerprint density at radius 3 is 2.70 bits per heavy atom. The number of furan rings is 1. The fourth-order valence-corrected chi connectivity index (χ4v) is 3.98. The van der Waals surface area contributed by atoms with Crippen molar-refractivity contribution in [2.45, 2.75) is 24.3 Å². The lowest BCUT2D eigenvalue weighted by Crippen LogP contribution is -2.37. The van der Waals surface area contributed by atoms with Gasteiger partial charge < -0.3 is 14.5 Å². The van der Waals surface area contributed by atoms with Crippen LogP contribution in [0.1, 0.15) is 18.6 Å². The number of likely N-dealkylation sites (tertiary alicyclic amines) is 1. The van der Waals surface area contributed by atoms with Crippen molar-refractivity contribution in [3.8, 4) is 0 Å². The lowest BCUT2D eigenvalue weighted by atomic mass is 10.2. The number of anilines is 1. The first-order valence-corrected chi connectivity index (χ1v) is 11.2. The van der Waals surface area contributed by atoms with Crippen LogP contribution in [0.5, 0.6) is 0 Å². The van der Waals surface area contributed by atoms with Crippen LogP contribution in [0.25, 0.3) is 0 Å². The zero-order chi connectivity index (χ0) is 24.0. The van der Waals surface area contributed by atoms with Crippen molar-refractivity contribution < 1.29 is 36.9 Å². The molecule has 0 aliphatic carbocycles. The molecule has 1 fully saturated rings. The van der Waals surface area contributed by atoms with Gasteiger partial charge in [-0.3, -0.25) is 29.4 Å². The average Bonchev–Trinajstić information content (AvgIpc) is 3.46. The van der Waals surface area contributed by atoms with Gasteiger partial charge in [0.15, 0.2) is 6.61 Å². The van der Waals surface area contributed by atoms with Crippen LogP contribution in [0.3, 0.4) is 0 Å². The molecule has 0 atom stereocenters. The summed E-state index contributed by atoms with van der Waals surface area (Å²) >= 11 is 0. The van der Waals surface area contributed by atoms with E-state index in [0.717, 1.165) is 17.0 Å². The molecule has 1 saturated heterocycles. The van der Waals surface area contributed by atoms with Crippen LogP contribution in [0.15, 0.2) is 45.9 Å². The van der Waals surface area contributed by atoms with E-state index < -0.39 is 50.6 Å². The van der Waals surface area contributed by atoms with E-state index in [4.69, 9.17) is 9.15 Å². The van der Waals surface area contributed by atoms with Gasteiger partial charge in [0.1, 0.15) is 18.0 Å². The largest absolute Gasteiger partial charge is 0.467 e. The van der Waals surface area contributed by atoms with Gasteiger partial charge in [-0.1, -0.05) is 0 Å². The summed E-state index contributed by atoms with van der Waals surface area (Å²) in [4.78, 5) is 46.4. The maximum atomic E-state index is 12.5. The van der Waals surface area contributed by atoms with Crippen LogP contribution in [0, 0.1) is 10.1 Å². The molecule has 2 heterocycles. The van der Waals surface area contributed by atoms with Crippen LogP contribution >= 0.6 is 0 Å². The van der Waals surface area contributed by atoms with Crippen LogP contribution < -0.4 is 10.0 Å². The number of amides is 2. The number of nitro benzene ring substituents is 1. The van der Waals surface area contributed by atoms with E-state index >= 15 is 0 Å². The molecule has 0 radical (unpaired) electrons. The molecule has 13 nitrogen and oxygen atoms in total. The standard InChI is InChI=1S/C19H20N4O9S/c24-17-4-1-7-22(17)18(25)12-32-19(26)11-21-33(29,30)14-5-6-15(16(9-14)23(27)28)20-10-13-3-2-8-31-13/h2-3,5-6,8-9,20-21H,1,4,7,10-12H2. The predicted molar refractivity (Wildman–Crippen MR) is 111 cm³/mol. The van der Waals surface area contributed by atoms with E-state index in [-0.39, 0.29) is 31.1 Å². The average molecular weight is 480 g/mol. The fraction of sp³-hybridized carbons (Fsp3) is 0.316. The molecule has 3 rings (SSSR count). The summed E-state index contributed by atoms with van der Waals surface area (Å²) in [5, 5.41) is 14.2. The first kappa shape index (κ1) is 23.9. The minimum Gasteiger partial charge on any atom is -0.467 e. The number of esters is 1. The zero-order valence-electron chi connectivity index (χ0n) is 17.2. The smallest absolute Gasteiger partial charge is 0.321 e. The van der Waals surface area contributed by atoms with Crippen molar-refractivity contribution in [3.05, 3.63) is 52.5 Å². The zero-order valence-corrected chi connectivity index (χ0v) is 18.0. The molecule has 1 aromatic heterocycles. The summed E-state index contributed by atoms with van der Waals surface area (Å²) in [6.07, 6.45) is 2.21. The van der Waals surface area contributed by atoms with Gasteiger partial charge in [-0.05, 0) is 30.7 Å². The van der Waals surface area contributed by atoms with Gasteiger partial charge in [0.2, 0.25) is 15.9 Å². The summed E-state index contributed by atoms with van der Waals surface area (Å²) in [7, 11) is -4.30. The number of imide groups is 1. The number of carbonyl (C=O) groups excluding carboxylic acids is 3. The van der Waals surface area contributed by atoms with E-state index in [1.165, 1.54) is 12.3 Å². The first-order chi connectivity index (χ1) is 15.7. The number of hydrogen-bond acceptors (Lipinski definition) is 10. The second kappa shape index (κ2) is 10.2. The van der Waals surface area contributed by atoms with Gasteiger partial charge in [0.05, 0.1) is 22.6 Å². The van der Waals surface area contributed by atoms with E-state index in [9.17, 15) is 32.9 Å². The first-order valence-electron chi connectivity index (χ1n) is 9.70. The molecule has 2 aromatic rings. The van der Waals surface area contributed by atoms with Gasteiger partial charge in [0.25, 0.3) is 11.6 Å². The Hall–Kier alpha value is -3.78. The van der Waals surface area contributed by atoms with Gasteiger partial charge in [-0.15, -0.1) is 0 Å². The molecule has 0 saturated carbocycles. The highest BCUT2D eigenvalue weighted by Crippen LogP contribution is 2.28. The molecule has 0 unspecified atom stereocenters. The number of nitrogens with zero attached hydrogens (tertiary/aromatic N) is 2. The third-order valence-corrected chi connectivity index (χ3v) is 6.05. The predicted octanol–water partition coefficient (Wildman–Crippen LogP) is 0.770. The van der Waals surface area contributed by atoms with Crippen molar-refractivity contribution in [3.63, 3.8) is 0 Å². The lowest BCUT2D eigenvalue weighted by Gasteiger charge is -2.13. The van der Waals surface area contributed by atoms with E-state index in [1.807, 2.05) is 4.72 Å². The third-order valence-electron chi connectivity index (χ3n) is 4.65. The molecular weight excluding hydrogens is 460 g/mol. The maximum Gasteiger partial charge on any atom is 0.321 e. The van der Waals surface area contributed by atoms with Gasteiger partial charge in [-0.2, -0.15) is 4.72 Å². The second-order valence-electron chi connectivity index (χ2n) is 6.90. The summed E-state index contributed by atoms with van der Waals surface area (Å²) in [5.41, 5.74) is -0.419. The normalized spacial score (nSPS) is 13.7. The fourth-order valence-electron chi connectivity index (χ4n) is 2.99. The number of hydrogen-bond donors (Lipinski definition) is 2. The molecule has 14 heteroatoms. The second-order valence-corrected chi connectivity index (χ2v) is 8.66. The molecular formula is C19H20N4O9S. The molecule has 0 spiro atoms. The van der Waals surface area contributed by atoms with Crippen LogP contribution in [-0.4, -0.2) is 55.7 Å². The molecule has 1 aliphatic rings. The van der Waals surface area contributed by atoms with Crippen LogP contribution in [0.2, 0.25) is 0 Å². The summed E-state index contributed by atoms with van der Waals surface area (Å²) in [6, 6.07) is 6.52. The highest BCUT2D eigenvalue weighted by molar-refractivity contribution is 7.89. The number of rotatable bonds is 10. The molecule has 33 heavy (non-hydrogen) atoms. The van der Waals surface area contributed by atoms with Crippen molar-refractivity contribution >= 4 is 39.2 Å². The van der Waals surface area contributed by atoms with Crippen LogP contribution in [0.4, 0.5) is 11.4 Å². The molecule has 2 amide bonds. The number of sulfonamides is 1. The Morgan fingerprint density at radius 2 is 2.06 bits per heavy atom. The Bertz CT molecular complexity index is 1160. The summed E-state index contributed by atoms with van der Waals surface area (Å²) in [6.45, 7) is -1.12. The molecule has 0 bridgehead atoms. The molecule has 2 N–H and O–H groups in total. The maximum absolute atomic E-state index is 12.5. The lowest BCUT2D eigenvalue weighted by molar-refractivity contribution is -0.384. The number of carbonyl (C=O) groups is 3. The van der Waals surface area contributed by atoms with Crippen molar-refractivity contribution in [1.82, 2.24) is 9.62 Å². The Kier molecular flexibility index (Phi) is 7.40. The summed E-state index contributed by atoms with van der Waals surface area (Å²) < 4.78 is 36.7. The number of nitro groups is 1. The highest BCUT2D eigenvalue weighted by Gasteiger charge is 2.27. The monoisotopic (exact) mass is 480 g/mol. The Balaban J connectivity index is 1.58. The van der Waals surface area contributed by atoms with Crippen LogP contribution in [-0.2, 0) is 35.7 Å². The van der Waals surface area contributed by atoms with Gasteiger partial charge in [-0.25, -0.2) is 8.42 Å². The number of nitrogens with one attached hydrogen (secondary N) is 2. The van der Waals surface area contributed by atoms with E-state index in [2.05, 4.69) is 5.32 Å². The van der Waals surface area contributed by atoms with E-state index in [1.54, 1.807) is 12.1 Å². The minimum absolute atomic E-state index is 0.0738. The third kappa shape index (κ3) is 6.14. The van der Waals surface area contributed by atoms with Gasteiger partial charge in [0, 0.05) is 19.0 Å². The Morgan fingerprint density at radius 1 is 1.27 bits per heavy atom. The van der Waals surface area contributed by atoms with Crippen molar-refractivity contribution in [1.29, 1.82) is 0 Å². The minimum atomic E-state index is -4.30. The molecule has 176 valence electrons. The summed E-state index contributed by atoms with van der Waals surface area (Å²) in [5.74, 6) is -1.58. The SMILES string of the molecule is O=C(CNS(=O)(=O)c1ccc(NCc2ccco2)c([N+](=O)[O-])c1)OCC(=O)N1CCCC1=O. The Labute approximate surface area is 187 Å².